The van der Waals surface area contributed by atoms with Crippen LogP contribution in [-0.4, -0.2) is 43.7 Å². The van der Waals surface area contributed by atoms with E-state index in [2.05, 4.69) is 5.32 Å². The monoisotopic (exact) mass is 366 g/mol. The molecule has 1 fully saturated rings. The number of sulfonamides is 1. The van der Waals surface area contributed by atoms with Crippen LogP contribution < -0.4 is 9.62 Å². The molecule has 1 atom stereocenters. The molecule has 1 aromatic carbocycles. The van der Waals surface area contributed by atoms with Gasteiger partial charge >= 0.3 is 5.97 Å². The Morgan fingerprint density at radius 2 is 2.12 bits per heavy atom. The van der Waals surface area contributed by atoms with Crippen LogP contribution in [0.3, 0.4) is 0 Å². The number of carbonyl (C=O) groups excluding carboxylic acids is 1. The van der Waals surface area contributed by atoms with Gasteiger partial charge in [-0.2, -0.15) is 0 Å². The third-order valence-corrected chi connectivity index (χ3v) is 5.92. The summed E-state index contributed by atoms with van der Waals surface area (Å²) in [6.45, 7) is 3.90. The normalized spacial score (nSPS) is 17.6. The van der Waals surface area contributed by atoms with Gasteiger partial charge in [-0.25, -0.2) is 13.2 Å². The Morgan fingerprint density at radius 1 is 1.40 bits per heavy atom. The van der Waals surface area contributed by atoms with E-state index in [9.17, 15) is 23.1 Å². The number of hydrogen-bond acceptors (Lipinski definition) is 4. The molecule has 1 aliphatic rings. The van der Waals surface area contributed by atoms with Gasteiger partial charge in [-0.15, -0.1) is 0 Å². The number of nitrogens with one attached hydrogen (secondary N) is 1. The fourth-order valence-corrected chi connectivity index (χ4v) is 4.27. The van der Waals surface area contributed by atoms with Crippen LogP contribution in [-0.2, 0) is 14.8 Å². The summed E-state index contributed by atoms with van der Waals surface area (Å²) >= 11 is 0. The maximum Gasteiger partial charge on any atom is 0.326 e. The first-order valence-electron chi connectivity index (χ1n) is 8.02. The molecular weight excluding hydrogens is 344 g/mol. The lowest BCUT2D eigenvalue weighted by Crippen LogP contribution is -2.40. The third-order valence-electron chi connectivity index (χ3n) is 4.05. The van der Waals surface area contributed by atoms with E-state index in [4.69, 9.17) is 0 Å². The number of carboxylic acid groups (broad SMARTS) is 1. The van der Waals surface area contributed by atoms with Crippen molar-refractivity contribution in [1.29, 1.82) is 0 Å². The van der Waals surface area contributed by atoms with Crippen LogP contribution in [0.1, 0.15) is 35.7 Å². The molecule has 0 aromatic heterocycles. The number of allylic oxidation sites excluding steroid dienone is 1. The Labute approximate surface area is 147 Å². The molecule has 7 nitrogen and oxygen atoms in total. The standard InChI is InChI=1S/C17H22N2O5S/c1-3-4-6-15(17(21)22)18-16(20)14-8-7-13(11-12(14)2)19-9-5-10-25(19,23)24/h3-4,7-8,11,15H,5-6,9-10H2,1-2H3,(H,18,20)(H,21,22)/b4-3+. The van der Waals surface area contributed by atoms with E-state index in [1.54, 1.807) is 38.1 Å². The Morgan fingerprint density at radius 3 is 2.64 bits per heavy atom. The summed E-state index contributed by atoms with van der Waals surface area (Å²) in [7, 11) is -3.28. The lowest BCUT2D eigenvalue weighted by atomic mass is 10.1. The Balaban J connectivity index is 2.19. The molecule has 0 spiro atoms. The number of nitrogens with zero attached hydrogens (tertiary/aromatic N) is 1. The second kappa shape index (κ2) is 7.69. The van der Waals surface area contributed by atoms with Gasteiger partial charge in [0.05, 0.1) is 11.4 Å². The number of amides is 1. The number of hydrogen-bond donors (Lipinski definition) is 2. The van der Waals surface area contributed by atoms with Crippen LogP contribution in [0.15, 0.2) is 30.4 Å². The molecular formula is C17H22N2O5S. The molecule has 0 bridgehead atoms. The van der Waals surface area contributed by atoms with E-state index < -0.39 is 27.9 Å². The SMILES string of the molecule is C/C=C/CC(NC(=O)c1ccc(N2CCCS2(=O)=O)cc1C)C(=O)O. The molecule has 0 aliphatic carbocycles. The molecule has 0 saturated carbocycles. The molecule has 1 aromatic rings. The van der Waals surface area contributed by atoms with Crippen molar-refractivity contribution in [2.24, 2.45) is 0 Å². The predicted molar refractivity (Wildman–Crippen MR) is 95.2 cm³/mol. The van der Waals surface area contributed by atoms with Gasteiger partial charge in [0.1, 0.15) is 6.04 Å². The summed E-state index contributed by atoms with van der Waals surface area (Å²) in [4.78, 5) is 23.6. The number of anilines is 1. The number of rotatable bonds is 6. The van der Waals surface area contributed by atoms with Crippen molar-refractivity contribution in [3.63, 3.8) is 0 Å². The van der Waals surface area contributed by atoms with Crippen LogP contribution in [0.5, 0.6) is 0 Å². The number of carbonyl (C=O) groups is 2. The molecule has 1 saturated heterocycles. The highest BCUT2D eigenvalue weighted by molar-refractivity contribution is 7.93. The van der Waals surface area contributed by atoms with Gasteiger partial charge in [0.15, 0.2) is 0 Å². The highest BCUT2D eigenvalue weighted by Gasteiger charge is 2.29. The Bertz CT molecular complexity index is 801. The number of aryl methyl sites for hydroxylation is 1. The van der Waals surface area contributed by atoms with E-state index in [0.717, 1.165) is 0 Å². The van der Waals surface area contributed by atoms with E-state index in [-0.39, 0.29) is 12.2 Å². The molecule has 136 valence electrons. The quantitative estimate of drug-likeness (QED) is 0.746. The van der Waals surface area contributed by atoms with E-state index in [0.29, 0.717) is 29.8 Å². The molecule has 2 rings (SSSR count). The van der Waals surface area contributed by atoms with Crippen LogP contribution >= 0.6 is 0 Å². The van der Waals surface area contributed by atoms with Crippen LogP contribution in [0.2, 0.25) is 0 Å². The summed E-state index contributed by atoms with van der Waals surface area (Å²) in [6, 6.07) is 3.73. The molecule has 0 radical (unpaired) electrons. The predicted octanol–water partition coefficient (Wildman–Crippen LogP) is 1.68. The minimum absolute atomic E-state index is 0.125. The summed E-state index contributed by atoms with van der Waals surface area (Å²) in [5, 5.41) is 11.7. The van der Waals surface area contributed by atoms with Crippen molar-refractivity contribution in [3.05, 3.63) is 41.5 Å². The van der Waals surface area contributed by atoms with Gasteiger partial charge in [-0.1, -0.05) is 12.2 Å². The highest BCUT2D eigenvalue weighted by Crippen LogP contribution is 2.26. The van der Waals surface area contributed by atoms with E-state index >= 15 is 0 Å². The zero-order valence-corrected chi connectivity index (χ0v) is 15.0. The van der Waals surface area contributed by atoms with Gasteiger partial charge in [-0.05, 0) is 50.5 Å². The summed E-state index contributed by atoms with van der Waals surface area (Å²) in [5.41, 5.74) is 1.44. The first-order chi connectivity index (χ1) is 11.8. The zero-order chi connectivity index (χ0) is 18.6. The average molecular weight is 366 g/mol. The van der Waals surface area contributed by atoms with Crippen molar-refractivity contribution in [2.75, 3.05) is 16.6 Å². The molecule has 1 unspecified atom stereocenters. The smallest absolute Gasteiger partial charge is 0.326 e. The van der Waals surface area contributed by atoms with Gasteiger partial charge in [0, 0.05) is 12.1 Å². The number of aliphatic carboxylic acids is 1. The summed E-state index contributed by atoms with van der Waals surface area (Å²) < 4.78 is 25.3. The van der Waals surface area contributed by atoms with Crippen molar-refractivity contribution in [2.45, 2.75) is 32.7 Å². The minimum Gasteiger partial charge on any atom is -0.480 e. The van der Waals surface area contributed by atoms with Crippen molar-refractivity contribution >= 4 is 27.6 Å². The van der Waals surface area contributed by atoms with Gasteiger partial charge in [0.25, 0.3) is 5.91 Å². The first kappa shape index (κ1) is 19.0. The fraction of sp³-hybridized carbons (Fsp3) is 0.412. The minimum atomic E-state index is -3.28. The second-order valence-electron chi connectivity index (χ2n) is 5.91. The van der Waals surface area contributed by atoms with Crippen LogP contribution in [0.4, 0.5) is 5.69 Å². The molecule has 2 N–H and O–H groups in total. The topological polar surface area (TPSA) is 104 Å². The van der Waals surface area contributed by atoms with E-state index in [1.165, 1.54) is 10.4 Å². The number of carboxylic acids is 1. The largest absolute Gasteiger partial charge is 0.480 e. The highest BCUT2D eigenvalue weighted by atomic mass is 32.2. The fourth-order valence-electron chi connectivity index (χ4n) is 2.72. The summed E-state index contributed by atoms with van der Waals surface area (Å²) in [6.07, 6.45) is 4.17. The lowest BCUT2D eigenvalue weighted by molar-refractivity contribution is -0.139. The van der Waals surface area contributed by atoms with Crippen molar-refractivity contribution in [1.82, 2.24) is 5.32 Å². The van der Waals surface area contributed by atoms with E-state index in [1.807, 2.05) is 0 Å². The molecule has 1 aliphatic heterocycles. The van der Waals surface area contributed by atoms with Crippen LogP contribution in [0, 0.1) is 6.92 Å². The second-order valence-corrected chi connectivity index (χ2v) is 7.92. The lowest BCUT2D eigenvalue weighted by Gasteiger charge is -2.19. The maximum absolute atomic E-state index is 12.4. The van der Waals surface area contributed by atoms with Gasteiger partial charge in [0.2, 0.25) is 10.0 Å². The Kier molecular flexibility index (Phi) is 5.84. The zero-order valence-electron chi connectivity index (χ0n) is 14.2. The molecule has 8 heteroatoms. The molecule has 1 heterocycles. The van der Waals surface area contributed by atoms with Gasteiger partial charge in [-0.3, -0.25) is 9.10 Å². The van der Waals surface area contributed by atoms with Crippen molar-refractivity contribution in [3.8, 4) is 0 Å². The third kappa shape index (κ3) is 4.39. The molecule has 1 amide bonds. The first-order valence-corrected chi connectivity index (χ1v) is 9.63. The average Bonchev–Trinajstić information content (AvgIpc) is 2.90. The van der Waals surface area contributed by atoms with Gasteiger partial charge < -0.3 is 10.4 Å². The molecule has 25 heavy (non-hydrogen) atoms. The Hall–Kier alpha value is -2.35. The van der Waals surface area contributed by atoms with Crippen molar-refractivity contribution < 1.29 is 23.1 Å². The number of benzene rings is 1. The van der Waals surface area contributed by atoms with Crippen LogP contribution in [0.25, 0.3) is 0 Å². The summed E-state index contributed by atoms with van der Waals surface area (Å²) in [5.74, 6) is -1.48. The maximum atomic E-state index is 12.4.